The highest BCUT2D eigenvalue weighted by Crippen LogP contribution is 2.58. The fourth-order valence-electron chi connectivity index (χ4n) is 11.8. The molecule has 8 aromatic carbocycles. The van der Waals surface area contributed by atoms with Crippen LogP contribution in [0.4, 0.5) is 17.1 Å². The SMILES string of the molecule is Cc1cc(C2CC3CCC2C3)ccc1-c1ccc(N(c2ccc3c(c2)-c2ccccc2C3(c2ccccc2)c2ccccc2)c2ccc3sc4ccccc4c3c2)cc1C. The first-order valence-electron chi connectivity index (χ1n) is 21.8. The predicted octanol–water partition coefficient (Wildman–Crippen LogP) is 16.1. The predicted molar refractivity (Wildman–Crippen MR) is 254 cm³/mol. The number of nitrogens with zero attached hydrogens (tertiary/aromatic N) is 1. The van der Waals surface area contributed by atoms with E-state index in [0.29, 0.717) is 0 Å². The van der Waals surface area contributed by atoms with Crippen LogP contribution >= 0.6 is 11.3 Å². The Morgan fingerprint density at radius 1 is 0.467 bits per heavy atom. The van der Waals surface area contributed by atoms with E-state index in [2.05, 4.69) is 201 Å². The average molecular weight is 790 g/mol. The van der Waals surface area contributed by atoms with Gasteiger partial charge in [0.2, 0.25) is 0 Å². The number of hydrogen-bond acceptors (Lipinski definition) is 2. The third-order valence-electron chi connectivity index (χ3n) is 14.5. The van der Waals surface area contributed by atoms with Crippen LogP contribution in [0.2, 0.25) is 0 Å². The van der Waals surface area contributed by atoms with Crippen molar-refractivity contribution in [1.82, 2.24) is 0 Å². The first-order chi connectivity index (χ1) is 29.5. The normalized spacial score (nSPS) is 18.5. The zero-order valence-corrected chi connectivity index (χ0v) is 35.1. The zero-order valence-electron chi connectivity index (χ0n) is 34.2. The van der Waals surface area contributed by atoms with Gasteiger partial charge < -0.3 is 4.90 Å². The summed E-state index contributed by atoms with van der Waals surface area (Å²) < 4.78 is 2.64. The van der Waals surface area contributed by atoms with E-state index in [0.717, 1.165) is 34.8 Å². The van der Waals surface area contributed by atoms with Crippen molar-refractivity contribution < 1.29 is 0 Å². The Morgan fingerprint density at radius 2 is 1.08 bits per heavy atom. The second-order valence-electron chi connectivity index (χ2n) is 17.7. The van der Waals surface area contributed by atoms with Crippen molar-refractivity contribution in [3.8, 4) is 22.3 Å². The number of anilines is 3. The molecule has 0 spiro atoms. The third kappa shape index (κ3) is 5.43. The van der Waals surface area contributed by atoms with Gasteiger partial charge in [-0.1, -0.05) is 140 Å². The Labute approximate surface area is 357 Å². The highest BCUT2D eigenvalue weighted by Gasteiger charge is 2.46. The van der Waals surface area contributed by atoms with Crippen molar-refractivity contribution in [2.24, 2.45) is 11.8 Å². The number of thiophene rings is 1. The molecule has 12 rings (SSSR count). The number of benzene rings is 8. The van der Waals surface area contributed by atoms with Gasteiger partial charge >= 0.3 is 0 Å². The van der Waals surface area contributed by atoms with Gasteiger partial charge in [0.15, 0.2) is 0 Å². The van der Waals surface area contributed by atoms with Gasteiger partial charge in [-0.2, -0.15) is 0 Å². The highest BCUT2D eigenvalue weighted by molar-refractivity contribution is 7.25. The quantitative estimate of drug-likeness (QED) is 0.155. The lowest BCUT2D eigenvalue weighted by Crippen LogP contribution is -2.28. The minimum absolute atomic E-state index is 0.435. The molecular weight excluding hydrogens is 743 g/mol. The minimum atomic E-state index is -0.435. The summed E-state index contributed by atoms with van der Waals surface area (Å²) in [4.78, 5) is 2.49. The van der Waals surface area contributed by atoms with Gasteiger partial charge in [0.1, 0.15) is 0 Å². The van der Waals surface area contributed by atoms with E-state index < -0.39 is 5.41 Å². The highest BCUT2D eigenvalue weighted by atomic mass is 32.1. The molecular formula is C58H47NS. The van der Waals surface area contributed by atoms with Gasteiger partial charge in [0.25, 0.3) is 0 Å². The molecule has 0 saturated heterocycles. The summed E-state index contributed by atoms with van der Waals surface area (Å²) in [7, 11) is 0. The van der Waals surface area contributed by atoms with Crippen LogP contribution in [0.3, 0.4) is 0 Å². The number of rotatable bonds is 7. The summed E-state index contributed by atoms with van der Waals surface area (Å²) in [5.41, 5.74) is 17.7. The van der Waals surface area contributed by atoms with Crippen molar-refractivity contribution in [3.05, 3.63) is 221 Å². The fourth-order valence-corrected chi connectivity index (χ4v) is 12.9. The maximum atomic E-state index is 2.51. The molecule has 0 aliphatic heterocycles. The first kappa shape index (κ1) is 35.7. The Morgan fingerprint density at radius 3 is 1.82 bits per heavy atom. The molecule has 0 radical (unpaired) electrons. The zero-order chi connectivity index (χ0) is 40.0. The summed E-state index contributed by atoms with van der Waals surface area (Å²) in [5.74, 6) is 2.59. The van der Waals surface area contributed by atoms with E-state index in [-0.39, 0.29) is 0 Å². The third-order valence-corrected chi connectivity index (χ3v) is 15.6. The van der Waals surface area contributed by atoms with E-state index in [1.54, 1.807) is 5.56 Å². The summed E-state index contributed by atoms with van der Waals surface area (Å²) in [5, 5.41) is 2.62. The second kappa shape index (κ2) is 13.9. The van der Waals surface area contributed by atoms with Crippen LogP contribution < -0.4 is 4.90 Å². The van der Waals surface area contributed by atoms with Crippen molar-refractivity contribution in [3.63, 3.8) is 0 Å². The van der Waals surface area contributed by atoms with Crippen LogP contribution in [-0.4, -0.2) is 0 Å². The smallest absolute Gasteiger partial charge is 0.0713 e. The topological polar surface area (TPSA) is 3.24 Å². The maximum absolute atomic E-state index is 2.51. The molecule has 1 nitrogen and oxygen atoms in total. The van der Waals surface area contributed by atoms with E-state index in [9.17, 15) is 0 Å². The molecule has 2 saturated carbocycles. The van der Waals surface area contributed by atoms with Gasteiger partial charge in [0.05, 0.1) is 5.41 Å². The monoisotopic (exact) mass is 789 g/mol. The molecule has 290 valence electrons. The molecule has 60 heavy (non-hydrogen) atoms. The Balaban J connectivity index is 1.02. The lowest BCUT2D eigenvalue weighted by Gasteiger charge is -2.34. The fraction of sp³-hybridized carbons (Fsp3) is 0.172. The molecule has 0 N–H and O–H groups in total. The second-order valence-corrected chi connectivity index (χ2v) is 18.8. The summed E-state index contributed by atoms with van der Waals surface area (Å²) in [6.45, 7) is 4.61. The Kier molecular flexibility index (Phi) is 8.29. The molecule has 9 aromatic rings. The van der Waals surface area contributed by atoms with Gasteiger partial charge in [-0.15, -0.1) is 11.3 Å². The summed E-state index contributed by atoms with van der Waals surface area (Å²) in [6.07, 6.45) is 5.68. The number of hydrogen-bond donors (Lipinski definition) is 0. The van der Waals surface area contributed by atoms with Gasteiger partial charge in [-0.05, 0) is 161 Å². The lowest BCUT2D eigenvalue weighted by molar-refractivity contribution is 0.420. The number of fused-ring (bicyclic) bond motifs is 8. The molecule has 0 amide bonds. The molecule has 2 fully saturated rings. The van der Waals surface area contributed by atoms with Gasteiger partial charge in [-0.25, -0.2) is 0 Å². The van der Waals surface area contributed by atoms with E-state index >= 15 is 0 Å². The van der Waals surface area contributed by atoms with Crippen LogP contribution in [0.5, 0.6) is 0 Å². The van der Waals surface area contributed by atoms with Crippen molar-refractivity contribution in [1.29, 1.82) is 0 Å². The summed E-state index contributed by atoms with van der Waals surface area (Å²) >= 11 is 1.87. The lowest BCUT2D eigenvalue weighted by atomic mass is 9.68. The van der Waals surface area contributed by atoms with Crippen LogP contribution in [0.25, 0.3) is 42.4 Å². The van der Waals surface area contributed by atoms with E-state index in [1.165, 1.54) is 101 Å². The first-order valence-corrected chi connectivity index (χ1v) is 22.6. The molecule has 1 aromatic heterocycles. The van der Waals surface area contributed by atoms with E-state index in [1.807, 2.05) is 11.3 Å². The maximum Gasteiger partial charge on any atom is 0.0713 e. The standard InChI is InChI=1S/C58H47NS/c1-37-31-40(51-34-39-21-22-41(51)33-39)23-27-47(37)48-28-24-44(32-38(48)2)59(46-26-30-57-53(36-46)50-18-10-12-20-56(50)60-57)45-25-29-55-52(35-45)49-17-9-11-19-54(49)58(55,42-13-5-3-6-14-42)43-15-7-4-8-16-43/h3-20,23-32,35-36,39,41,51H,21-22,33-34H2,1-2H3. The molecule has 2 bridgehead atoms. The van der Waals surface area contributed by atoms with Crippen LogP contribution in [0, 0.1) is 25.7 Å². The minimum Gasteiger partial charge on any atom is -0.310 e. The van der Waals surface area contributed by atoms with Gasteiger partial charge in [-0.3, -0.25) is 0 Å². The number of aryl methyl sites for hydroxylation is 2. The molecule has 2 heteroatoms. The van der Waals surface area contributed by atoms with Crippen LogP contribution in [0.15, 0.2) is 182 Å². The van der Waals surface area contributed by atoms with E-state index in [4.69, 9.17) is 0 Å². The average Bonchev–Trinajstić information content (AvgIpc) is 4.09. The summed E-state index contributed by atoms with van der Waals surface area (Å²) in [6, 6.07) is 68.9. The molecule has 3 aliphatic carbocycles. The van der Waals surface area contributed by atoms with Crippen molar-refractivity contribution in [2.45, 2.75) is 50.9 Å². The molecule has 3 atom stereocenters. The molecule has 3 unspecified atom stereocenters. The largest absolute Gasteiger partial charge is 0.310 e. The van der Waals surface area contributed by atoms with Crippen molar-refractivity contribution >= 4 is 48.6 Å². The Hall–Kier alpha value is -6.22. The van der Waals surface area contributed by atoms with Crippen molar-refractivity contribution in [2.75, 3.05) is 4.90 Å². The van der Waals surface area contributed by atoms with Crippen LogP contribution in [-0.2, 0) is 5.41 Å². The van der Waals surface area contributed by atoms with Gasteiger partial charge in [0, 0.05) is 37.2 Å². The Bertz CT molecular complexity index is 3060. The molecule has 3 aliphatic rings. The molecule has 1 heterocycles. The van der Waals surface area contributed by atoms with Crippen LogP contribution in [0.1, 0.15) is 70.5 Å².